The van der Waals surface area contributed by atoms with Gasteiger partial charge in [0.25, 0.3) is 0 Å². The van der Waals surface area contributed by atoms with Crippen LogP contribution in [0.5, 0.6) is 0 Å². The summed E-state index contributed by atoms with van der Waals surface area (Å²) < 4.78 is 0. The second-order valence-corrected chi connectivity index (χ2v) is 9.41. The van der Waals surface area contributed by atoms with E-state index in [1.54, 1.807) is 31.2 Å². The van der Waals surface area contributed by atoms with E-state index in [0.29, 0.717) is 11.3 Å². The zero-order valence-electron chi connectivity index (χ0n) is 14.5. The van der Waals surface area contributed by atoms with E-state index >= 15 is 0 Å². The van der Waals surface area contributed by atoms with Gasteiger partial charge in [-0.25, -0.2) is 0 Å². The van der Waals surface area contributed by atoms with E-state index in [1.165, 1.54) is 12.1 Å². The summed E-state index contributed by atoms with van der Waals surface area (Å²) >= 11 is 0. The van der Waals surface area contributed by atoms with Crippen LogP contribution in [0, 0.1) is 20.8 Å². The van der Waals surface area contributed by atoms with Crippen molar-refractivity contribution in [2.45, 2.75) is 20.8 Å². The van der Waals surface area contributed by atoms with E-state index in [0.717, 1.165) is 16.7 Å². The van der Waals surface area contributed by atoms with E-state index in [1.807, 2.05) is 38.1 Å². The fourth-order valence-electron chi connectivity index (χ4n) is 2.76. The number of pyridine rings is 1. The zero-order chi connectivity index (χ0) is 18.3. The van der Waals surface area contributed by atoms with Crippen molar-refractivity contribution in [3.63, 3.8) is 0 Å². The van der Waals surface area contributed by atoms with Crippen molar-refractivity contribution in [1.29, 1.82) is 0 Å². The van der Waals surface area contributed by atoms with Gasteiger partial charge in [0, 0.05) is 0 Å². The first kappa shape index (κ1) is 17.7. The minimum absolute atomic E-state index is 0.0723. The van der Waals surface area contributed by atoms with Crippen molar-refractivity contribution in [2.75, 3.05) is 0 Å². The average Bonchev–Trinajstić information content (AvgIpc) is 2.56. The summed E-state index contributed by atoms with van der Waals surface area (Å²) in [5, 5.41) is 0.0723. The van der Waals surface area contributed by atoms with E-state index in [2.05, 4.69) is 4.98 Å². The summed E-state index contributed by atoms with van der Waals surface area (Å²) in [5.74, 6) is 0. The monoisotopic (exact) mass is 355 g/mol. The molecule has 0 saturated heterocycles. The van der Waals surface area contributed by atoms with Crippen LogP contribution in [0.1, 0.15) is 16.8 Å². The van der Waals surface area contributed by atoms with Crippen molar-refractivity contribution < 1.29 is 14.7 Å². The molecule has 0 amide bonds. The Labute approximate surface area is 147 Å². The quantitative estimate of drug-likeness (QED) is 0.632. The molecule has 0 fully saturated rings. The van der Waals surface area contributed by atoms with E-state index < -0.39 is 7.28 Å². The molecule has 0 unspecified atom stereocenters. The van der Waals surface area contributed by atoms with Gasteiger partial charge in [-0.2, -0.15) is 0 Å². The predicted molar refractivity (Wildman–Crippen MR) is 103 cm³/mol. The third-order valence-corrected chi connectivity index (χ3v) is 6.65. The summed E-state index contributed by atoms with van der Waals surface area (Å²) in [4.78, 5) is 37.4. The van der Waals surface area contributed by atoms with Gasteiger partial charge in [-0.3, -0.25) is 0 Å². The molecule has 1 heterocycles. The molecule has 4 nitrogen and oxygen atoms in total. The third-order valence-electron chi connectivity index (χ3n) is 4.28. The summed E-state index contributed by atoms with van der Waals surface area (Å²) in [6, 6.07) is 17.7. The molecule has 2 aromatic carbocycles. The van der Waals surface area contributed by atoms with E-state index in [9.17, 15) is 14.7 Å². The molecule has 0 bridgehead atoms. The number of nitrogens with zero attached hydrogens (tertiary/aromatic N) is 1. The van der Waals surface area contributed by atoms with Gasteiger partial charge in [0.1, 0.15) is 0 Å². The molecule has 0 saturated carbocycles. The average molecular weight is 355 g/mol. The van der Waals surface area contributed by atoms with E-state index in [-0.39, 0.29) is 10.7 Å². The molecule has 3 rings (SSSR count). The van der Waals surface area contributed by atoms with Gasteiger partial charge in [0.2, 0.25) is 0 Å². The first-order valence-corrected chi connectivity index (χ1v) is 10.1. The molecule has 1 aromatic heterocycles. The van der Waals surface area contributed by atoms with Crippen molar-refractivity contribution in [1.82, 2.24) is 4.98 Å². The zero-order valence-corrected chi connectivity index (χ0v) is 15.4. The van der Waals surface area contributed by atoms with Crippen LogP contribution in [0.4, 0.5) is 0 Å². The molecule has 0 aliphatic rings. The Bertz CT molecular complexity index is 910. The van der Waals surface area contributed by atoms with Crippen LogP contribution in [0.25, 0.3) is 11.1 Å². The Morgan fingerprint density at radius 1 is 0.680 bits per heavy atom. The Kier molecular flexibility index (Phi) is 4.26. The number of aromatic nitrogens is 1. The van der Waals surface area contributed by atoms with Crippen LogP contribution in [-0.2, 0) is 0 Å². The molecule has 0 spiro atoms. The molecule has 0 aliphatic heterocycles. The Hall–Kier alpha value is -2.10. The predicted octanol–water partition coefficient (Wildman–Crippen LogP) is 2.90. The van der Waals surface area contributed by atoms with Gasteiger partial charge in [0.05, 0.1) is 0 Å². The summed E-state index contributed by atoms with van der Waals surface area (Å²) in [5.41, 5.74) is 3.86. The topological polar surface area (TPSA) is 73.6 Å². The second kappa shape index (κ2) is 6.01. The normalized spacial score (nSPS) is 13.3. The van der Waals surface area contributed by atoms with Gasteiger partial charge in [0.15, 0.2) is 0 Å². The molecule has 0 atom stereocenters. The van der Waals surface area contributed by atoms with Gasteiger partial charge in [-0.05, 0) is 0 Å². The first-order valence-electron chi connectivity index (χ1n) is 8.05. The summed E-state index contributed by atoms with van der Waals surface area (Å²) in [6.45, 7) is 5.63. The van der Waals surface area contributed by atoms with Gasteiger partial charge >= 0.3 is 147 Å². The number of hydrogen-bond donors (Lipinski definition) is 3. The number of benzene rings is 2. The maximum atomic E-state index is 11.0. The van der Waals surface area contributed by atoms with Crippen molar-refractivity contribution in [3.8, 4) is 11.1 Å². The Morgan fingerprint density at radius 2 is 1.20 bits per heavy atom. The number of aryl methyl sites for hydroxylation is 3. The molecule has 130 valence electrons. The van der Waals surface area contributed by atoms with E-state index in [4.69, 9.17) is 0 Å². The van der Waals surface area contributed by atoms with Crippen LogP contribution >= 0.6 is 7.28 Å². The van der Waals surface area contributed by atoms with Crippen LogP contribution in [0.15, 0.2) is 60.7 Å². The van der Waals surface area contributed by atoms with Crippen LogP contribution in [0.3, 0.4) is 0 Å². The minimum atomic E-state index is -5.35. The molecular weight excluding hydrogens is 333 g/mol. The summed E-state index contributed by atoms with van der Waals surface area (Å²) in [7, 11) is -5.35. The van der Waals surface area contributed by atoms with Crippen LogP contribution in [0.2, 0.25) is 0 Å². The molecule has 3 aromatic rings. The Morgan fingerprint density at radius 3 is 1.76 bits per heavy atom. The first-order chi connectivity index (χ1) is 11.7. The van der Waals surface area contributed by atoms with Crippen LogP contribution in [-0.4, -0.2) is 19.7 Å². The van der Waals surface area contributed by atoms with Crippen molar-refractivity contribution >= 4 is 18.0 Å². The summed E-state index contributed by atoms with van der Waals surface area (Å²) in [6.07, 6.45) is 0. The second-order valence-electron chi connectivity index (χ2n) is 6.51. The Balaban J connectivity index is 2.26. The van der Waals surface area contributed by atoms with Gasteiger partial charge in [-0.1, -0.05) is 0 Å². The standard InChI is InChI=1S/C20H22NO3P/c1-14-4-9-17(10-5-14)19-13-8-16(3)21-20(19)25(22,23,24)18-11-6-15(2)7-12-18/h4-13,22-24H,1-3H3. The molecule has 5 heteroatoms. The maximum absolute atomic E-state index is 11.0. The number of rotatable bonds is 3. The molecule has 25 heavy (non-hydrogen) atoms. The van der Waals surface area contributed by atoms with Gasteiger partial charge < -0.3 is 0 Å². The molecule has 3 N–H and O–H groups in total. The fourth-order valence-corrected chi connectivity index (χ4v) is 4.69. The third kappa shape index (κ3) is 3.35. The molecule has 0 aliphatic carbocycles. The molecule has 0 radical (unpaired) electrons. The van der Waals surface area contributed by atoms with Crippen molar-refractivity contribution in [2.24, 2.45) is 0 Å². The number of hydrogen-bond acceptors (Lipinski definition) is 4. The fraction of sp³-hybridized carbons (Fsp3) is 0.150. The molecular formula is C20H22NO3P. The SMILES string of the molecule is Cc1ccc(-c2ccc(C)nc2P(O)(O)(O)c2ccc(C)cc2)cc1. The van der Waals surface area contributed by atoms with Crippen LogP contribution < -0.4 is 10.7 Å². The van der Waals surface area contributed by atoms with Crippen molar-refractivity contribution in [3.05, 3.63) is 77.5 Å². The van der Waals surface area contributed by atoms with Gasteiger partial charge in [-0.15, -0.1) is 0 Å².